The SMILES string of the molecule is CCCCC1(c2ccccc2)NC(=O)N(CC(=O)Nc2cc(Cl)c(Cl)cc2Cl)C1=O. The summed E-state index contributed by atoms with van der Waals surface area (Å²) in [6.07, 6.45) is 2.03. The highest BCUT2D eigenvalue weighted by Crippen LogP contribution is 2.35. The van der Waals surface area contributed by atoms with Gasteiger partial charge in [0.15, 0.2) is 0 Å². The molecule has 4 amide bonds. The van der Waals surface area contributed by atoms with Crippen LogP contribution >= 0.6 is 34.8 Å². The molecule has 0 radical (unpaired) electrons. The third-order valence-corrected chi connectivity index (χ3v) is 5.97. The van der Waals surface area contributed by atoms with Gasteiger partial charge in [0.25, 0.3) is 5.91 Å². The first kappa shape index (κ1) is 22.4. The molecule has 0 spiro atoms. The van der Waals surface area contributed by atoms with Crippen LogP contribution in [0.25, 0.3) is 0 Å². The van der Waals surface area contributed by atoms with E-state index >= 15 is 0 Å². The van der Waals surface area contributed by atoms with Gasteiger partial charge in [-0.3, -0.25) is 14.5 Å². The minimum Gasteiger partial charge on any atom is -0.323 e. The summed E-state index contributed by atoms with van der Waals surface area (Å²) in [5, 5.41) is 6.03. The normalized spacial score (nSPS) is 18.5. The van der Waals surface area contributed by atoms with E-state index < -0.39 is 29.9 Å². The molecule has 6 nitrogen and oxygen atoms in total. The van der Waals surface area contributed by atoms with Gasteiger partial charge in [-0.05, 0) is 24.1 Å². The van der Waals surface area contributed by atoms with Crippen molar-refractivity contribution in [2.24, 2.45) is 0 Å². The molecule has 0 saturated carbocycles. The molecule has 3 rings (SSSR count). The Balaban J connectivity index is 1.81. The van der Waals surface area contributed by atoms with E-state index in [-0.39, 0.29) is 20.8 Å². The van der Waals surface area contributed by atoms with E-state index in [1.54, 1.807) is 12.1 Å². The number of nitrogens with one attached hydrogen (secondary N) is 2. The fourth-order valence-electron chi connectivity index (χ4n) is 3.40. The molecule has 1 aliphatic heterocycles. The van der Waals surface area contributed by atoms with Crippen LogP contribution in [0, 0.1) is 0 Å². The standard InChI is InChI=1S/C21H20Cl3N3O3/c1-2-3-9-21(13-7-5-4-6-8-13)19(29)27(20(30)26-21)12-18(28)25-17-11-15(23)14(22)10-16(17)24/h4-8,10-11H,2-3,9,12H2,1H3,(H,25,28)(H,26,30). The summed E-state index contributed by atoms with van der Waals surface area (Å²) in [7, 11) is 0. The number of carbonyl (C=O) groups is 3. The van der Waals surface area contributed by atoms with Crippen LogP contribution in [0.1, 0.15) is 31.7 Å². The van der Waals surface area contributed by atoms with E-state index in [0.717, 1.165) is 17.7 Å². The number of hydrogen-bond donors (Lipinski definition) is 2. The number of halogens is 3. The lowest BCUT2D eigenvalue weighted by Crippen LogP contribution is -2.44. The summed E-state index contributed by atoms with van der Waals surface area (Å²) >= 11 is 17.9. The number of benzene rings is 2. The third-order valence-electron chi connectivity index (χ3n) is 4.93. The predicted octanol–water partition coefficient (Wildman–Crippen LogP) is 5.22. The van der Waals surface area contributed by atoms with Gasteiger partial charge in [0, 0.05) is 0 Å². The number of urea groups is 1. The highest BCUT2D eigenvalue weighted by Gasteiger charge is 2.52. The average Bonchev–Trinajstić information content (AvgIpc) is 2.96. The van der Waals surface area contributed by atoms with Crippen molar-refractivity contribution in [1.29, 1.82) is 0 Å². The Hall–Kier alpha value is -2.28. The molecule has 9 heteroatoms. The van der Waals surface area contributed by atoms with Gasteiger partial charge in [0.2, 0.25) is 5.91 Å². The quantitative estimate of drug-likeness (QED) is 0.432. The molecule has 1 atom stereocenters. The van der Waals surface area contributed by atoms with Crippen LogP contribution in [0.4, 0.5) is 10.5 Å². The molecular weight excluding hydrogens is 449 g/mol. The van der Waals surface area contributed by atoms with Crippen molar-refractivity contribution >= 4 is 58.3 Å². The largest absolute Gasteiger partial charge is 0.325 e. The molecule has 0 bridgehead atoms. The highest BCUT2D eigenvalue weighted by molar-refractivity contribution is 6.44. The molecule has 1 unspecified atom stereocenters. The summed E-state index contributed by atoms with van der Waals surface area (Å²) in [5.41, 5.74) is -0.258. The Labute approximate surface area is 189 Å². The third kappa shape index (κ3) is 4.41. The Bertz CT molecular complexity index is 984. The van der Waals surface area contributed by atoms with Crippen molar-refractivity contribution in [3.05, 3.63) is 63.1 Å². The van der Waals surface area contributed by atoms with E-state index in [2.05, 4.69) is 10.6 Å². The van der Waals surface area contributed by atoms with Crippen molar-refractivity contribution in [2.75, 3.05) is 11.9 Å². The van der Waals surface area contributed by atoms with Gasteiger partial charge >= 0.3 is 6.03 Å². The Morgan fingerprint density at radius 2 is 1.73 bits per heavy atom. The summed E-state index contributed by atoms with van der Waals surface area (Å²) < 4.78 is 0. The molecule has 1 fully saturated rings. The Morgan fingerprint density at radius 1 is 1.07 bits per heavy atom. The van der Waals surface area contributed by atoms with Gasteiger partial charge in [-0.2, -0.15) is 0 Å². The zero-order valence-corrected chi connectivity index (χ0v) is 18.4. The number of anilines is 1. The first-order valence-corrected chi connectivity index (χ1v) is 10.6. The summed E-state index contributed by atoms with van der Waals surface area (Å²) in [5.74, 6) is -1.04. The van der Waals surface area contributed by atoms with Gasteiger partial charge in [-0.1, -0.05) is 84.9 Å². The highest BCUT2D eigenvalue weighted by atomic mass is 35.5. The lowest BCUT2D eigenvalue weighted by Gasteiger charge is -2.27. The van der Waals surface area contributed by atoms with Gasteiger partial charge in [0.1, 0.15) is 12.1 Å². The molecule has 2 aromatic carbocycles. The molecular formula is C21H20Cl3N3O3. The Kier molecular flexibility index (Phi) is 6.91. The number of nitrogens with zero attached hydrogens (tertiary/aromatic N) is 1. The van der Waals surface area contributed by atoms with Crippen LogP contribution < -0.4 is 10.6 Å². The van der Waals surface area contributed by atoms with Gasteiger partial charge in [-0.15, -0.1) is 0 Å². The zero-order chi connectivity index (χ0) is 21.9. The zero-order valence-electron chi connectivity index (χ0n) is 16.2. The first-order chi connectivity index (χ1) is 14.3. The van der Waals surface area contributed by atoms with E-state index in [9.17, 15) is 14.4 Å². The van der Waals surface area contributed by atoms with Crippen molar-refractivity contribution < 1.29 is 14.4 Å². The molecule has 30 heavy (non-hydrogen) atoms. The second-order valence-electron chi connectivity index (χ2n) is 6.99. The predicted molar refractivity (Wildman–Crippen MR) is 118 cm³/mol. The number of imide groups is 1. The summed E-state index contributed by atoms with van der Waals surface area (Å²) in [6.45, 7) is 1.55. The number of rotatable bonds is 7. The van der Waals surface area contributed by atoms with Crippen LogP contribution in [-0.2, 0) is 15.1 Å². The summed E-state index contributed by atoms with van der Waals surface area (Å²) in [6, 6.07) is 11.2. The smallest absolute Gasteiger partial charge is 0.323 e. The molecule has 0 aromatic heterocycles. The lowest BCUT2D eigenvalue weighted by molar-refractivity contribution is -0.134. The maximum absolute atomic E-state index is 13.3. The average molecular weight is 469 g/mol. The molecule has 2 N–H and O–H groups in total. The van der Waals surface area contributed by atoms with Crippen molar-refractivity contribution in [3.8, 4) is 0 Å². The Morgan fingerprint density at radius 3 is 2.40 bits per heavy atom. The van der Waals surface area contributed by atoms with Crippen molar-refractivity contribution in [3.63, 3.8) is 0 Å². The molecule has 1 aliphatic rings. The van der Waals surface area contributed by atoms with Crippen LogP contribution in [0.2, 0.25) is 15.1 Å². The van der Waals surface area contributed by atoms with E-state index in [0.29, 0.717) is 12.0 Å². The van der Waals surface area contributed by atoms with Crippen LogP contribution in [-0.4, -0.2) is 29.3 Å². The topological polar surface area (TPSA) is 78.5 Å². The molecule has 2 aromatic rings. The fraction of sp³-hybridized carbons (Fsp3) is 0.286. The maximum atomic E-state index is 13.3. The van der Waals surface area contributed by atoms with Crippen molar-refractivity contribution in [2.45, 2.75) is 31.7 Å². The minimum absolute atomic E-state index is 0.191. The maximum Gasteiger partial charge on any atom is 0.325 e. The van der Waals surface area contributed by atoms with Crippen LogP contribution in [0.3, 0.4) is 0 Å². The number of hydrogen-bond acceptors (Lipinski definition) is 3. The van der Waals surface area contributed by atoms with E-state index in [1.807, 2.05) is 25.1 Å². The second kappa shape index (κ2) is 9.25. The van der Waals surface area contributed by atoms with Gasteiger partial charge in [-0.25, -0.2) is 4.79 Å². The second-order valence-corrected chi connectivity index (χ2v) is 8.21. The van der Waals surface area contributed by atoms with E-state index in [4.69, 9.17) is 34.8 Å². The summed E-state index contributed by atoms with van der Waals surface area (Å²) in [4.78, 5) is 39.4. The number of carbonyl (C=O) groups excluding carboxylic acids is 3. The van der Waals surface area contributed by atoms with E-state index in [1.165, 1.54) is 12.1 Å². The van der Waals surface area contributed by atoms with Crippen LogP contribution in [0.15, 0.2) is 42.5 Å². The number of unbranched alkanes of at least 4 members (excludes halogenated alkanes) is 1. The monoisotopic (exact) mass is 467 g/mol. The van der Waals surface area contributed by atoms with Crippen LogP contribution in [0.5, 0.6) is 0 Å². The molecule has 158 valence electrons. The number of amides is 4. The minimum atomic E-state index is -1.18. The van der Waals surface area contributed by atoms with Crippen molar-refractivity contribution in [1.82, 2.24) is 10.2 Å². The van der Waals surface area contributed by atoms with Gasteiger partial charge in [0.05, 0.1) is 20.8 Å². The fourth-order valence-corrected chi connectivity index (χ4v) is 3.99. The molecule has 0 aliphatic carbocycles. The lowest BCUT2D eigenvalue weighted by atomic mass is 9.85. The molecule has 1 saturated heterocycles. The first-order valence-electron chi connectivity index (χ1n) is 9.42. The molecule has 1 heterocycles. The van der Waals surface area contributed by atoms with Gasteiger partial charge < -0.3 is 10.6 Å².